The topological polar surface area (TPSA) is 80.4 Å². The van der Waals surface area contributed by atoms with Crippen molar-refractivity contribution >= 4 is 11.8 Å². The van der Waals surface area contributed by atoms with Crippen LogP contribution in [-0.4, -0.2) is 22.9 Å². The number of benzene rings is 1. The Hall–Kier alpha value is -1.68. The summed E-state index contributed by atoms with van der Waals surface area (Å²) in [6.45, 7) is 4.89. The van der Waals surface area contributed by atoms with Crippen LogP contribution in [0.1, 0.15) is 32.3 Å². The second-order valence-corrected chi connectivity index (χ2v) is 5.09. The van der Waals surface area contributed by atoms with E-state index >= 15 is 0 Å². The normalized spacial score (nSPS) is 14.9. The Morgan fingerprint density at radius 3 is 2.11 bits per heavy atom. The van der Waals surface area contributed by atoms with Gasteiger partial charge in [-0.05, 0) is 12.5 Å². The van der Waals surface area contributed by atoms with Gasteiger partial charge in [0.15, 0.2) is 0 Å². The molecule has 0 aliphatic carbocycles. The van der Waals surface area contributed by atoms with Gasteiger partial charge in [-0.3, -0.25) is 9.59 Å². The number of carbonyl (C=O) groups excluding carboxylic acids is 1. The molecule has 2 atom stereocenters. The molecule has 0 aliphatic heterocycles. The van der Waals surface area contributed by atoms with Crippen molar-refractivity contribution < 1.29 is 14.7 Å². The lowest BCUT2D eigenvalue weighted by Crippen LogP contribution is -2.48. The van der Waals surface area contributed by atoms with Gasteiger partial charge in [0.25, 0.3) is 0 Å². The molecular weight excluding hydrogens is 230 g/mol. The van der Waals surface area contributed by atoms with Crippen LogP contribution in [0.2, 0.25) is 0 Å². The summed E-state index contributed by atoms with van der Waals surface area (Å²) < 4.78 is 0. The van der Waals surface area contributed by atoms with E-state index in [1.807, 2.05) is 30.3 Å². The van der Waals surface area contributed by atoms with E-state index in [1.54, 1.807) is 13.8 Å². The summed E-state index contributed by atoms with van der Waals surface area (Å²) in [4.78, 5) is 22.9. The van der Waals surface area contributed by atoms with Gasteiger partial charge < -0.3 is 10.8 Å². The summed E-state index contributed by atoms with van der Waals surface area (Å²) in [6.07, 6.45) is 0. The van der Waals surface area contributed by atoms with E-state index in [2.05, 4.69) is 0 Å². The number of carboxylic acid groups (broad SMARTS) is 1. The molecule has 18 heavy (non-hydrogen) atoms. The van der Waals surface area contributed by atoms with Crippen molar-refractivity contribution in [1.29, 1.82) is 0 Å². The van der Waals surface area contributed by atoms with E-state index in [0.717, 1.165) is 5.56 Å². The summed E-state index contributed by atoms with van der Waals surface area (Å²) in [6, 6.07) is 8.06. The van der Waals surface area contributed by atoms with E-state index in [0.29, 0.717) is 0 Å². The Kier molecular flexibility index (Phi) is 4.24. The predicted octanol–water partition coefficient (Wildman–Crippen LogP) is 1.80. The second kappa shape index (κ2) is 5.31. The molecular formula is C14H19NO3. The van der Waals surface area contributed by atoms with Gasteiger partial charge in [0, 0.05) is 11.3 Å². The Balaban J connectivity index is 3.22. The summed E-state index contributed by atoms with van der Waals surface area (Å²) in [5.41, 5.74) is 5.67. The zero-order valence-electron chi connectivity index (χ0n) is 10.9. The monoisotopic (exact) mass is 249 g/mol. The van der Waals surface area contributed by atoms with Crippen molar-refractivity contribution in [3.05, 3.63) is 35.9 Å². The molecule has 2 unspecified atom stereocenters. The Labute approximate surface area is 107 Å². The number of carboxylic acids is 1. The molecule has 0 fully saturated rings. The Morgan fingerprint density at radius 1 is 1.22 bits per heavy atom. The summed E-state index contributed by atoms with van der Waals surface area (Å²) in [5.74, 6) is -1.70. The maximum atomic E-state index is 11.9. The molecule has 4 heteroatoms. The maximum absolute atomic E-state index is 11.9. The van der Waals surface area contributed by atoms with Crippen LogP contribution in [0.5, 0.6) is 0 Å². The van der Waals surface area contributed by atoms with Crippen LogP contribution < -0.4 is 5.73 Å². The first-order valence-corrected chi connectivity index (χ1v) is 5.82. The van der Waals surface area contributed by atoms with Crippen LogP contribution in [0.15, 0.2) is 30.3 Å². The first-order valence-electron chi connectivity index (χ1n) is 5.82. The molecule has 0 aliphatic rings. The highest BCUT2D eigenvalue weighted by Crippen LogP contribution is 2.38. The molecule has 0 heterocycles. The van der Waals surface area contributed by atoms with Crippen LogP contribution >= 0.6 is 0 Å². The summed E-state index contributed by atoms with van der Waals surface area (Å²) in [7, 11) is 0. The maximum Gasteiger partial charge on any atom is 0.321 e. The molecule has 0 amide bonds. The van der Waals surface area contributed by atoms with Gasteiger partial charge in [-0.25, -0.2) is 0 Å². The first-order chi connectivity index (χ1) is 8.28. The van der Waals surface area contributed by atoms with Gasteiger partial charge in [0.05, 0.1) is 0 Å². The molecule has 0 bridgehead atoms. The second-order valence-electron chi connectivity index (χ2n) is 5.09. The third kappa shape index (κ3) is 2.76. The quantitative estimate of drug-likeness (QED) is 0.833. The minimum Gasteiger partial charge on any atom is -0.480 e. The van der Waals surface area contributed by atoms with Crippen LogP contribution in [0.3, 0.4) is 0 Å². The number of ketones is 1. The lowest BCUT2D eigenvalue weighted by Gasteiger charge is -2.36. The lowest BCUT2D eigenvalue weighted by molar-refractivity contribution is -0.142. The van der Waals surface area contributed by atoms with Crippen LogP contribution in [0, 0.1) is 5.41 Å². The van der Waals surface area contributed by atoms with Crippen molar-refractivity contribution in [2.75, 3.05) is 0 Å². The minimum atomic E-state index is -1.10. The highest BCUT2D eigenvalue weighted by Gasteiger charge is 2.42. The third-order valence-corrected chi connectivity index (χ3v) is 3.35. The van der Waals surface area contributed by atoms with Gasteiger partial charge >= 0.3 is 5.97 Å². The third-order valence-electron chi connectivity index (χ3n) is 3.35. The zero-order chi connectivity index (χ0) is 13.9. The average molecular weight is 249 g/mol. The van der Waals surface area contributed by atoms with E-state index in [4.69, 9.17) is 10.8 Å². The Morgan fingerprint density at radius 2 is 1.72 bits per heavy atom. The van der Waals surface area contributed by atoms with Crippen LogP contribution in [0.4, 0.5) is 0 Å². The fourth-order valence-electron chi connectivity index (χ4n) is 2.33. The number of rotatable bonds is 5. The molecule has 0 radical (unpaired) electrons. The van der Waals surface area contributed by atoms with Crippen molar-refractivity contribution in [3.63, 3.8) is 0 Å². The lowest BCUT2D eigenvalue weighted by atomic mass is 9.68. The number of nitrogens with two attached hydrogens (primary N) is 1. The van der Waals surface area contributed by atoms with Gasteiger partial charge in [0.2, 0.25) is 0 Å². The Bertz CT molecular complexity index is 440. The van der Waals surface area contributed by atoms with E-state index < -0.39 is 23.3 Å². The van der Waals surface area contributed by atoms with E-state index in [-0.39, 0.29) is 5.78 Å². The number of aliphatic carboxylic acids is 1. The highest BCUT2D eigenvalue weighted by molar-refractivity contribution is 5.86. The average Bonchev–Trinajstić information content (AvgIpc) is 2.28. The fraction of sp³-hybridized carbons (Fsp3) is 0.429. The molecule has 0 spiro atoms. The van der Waals surface area contributed by atoms with Crippen LogP contribution in [0.25, 0.3) is 0 Å². The molecule has 3 N–H and O–H groups in total. The molecule has 1 rings (SSSR count). The van der Waals surface area contributed by atoms with E-state index in [1.165, 1.54) is 6.92 Å². The van der Waals surface area contributed by atoms with Crippen molar-refractivity contribution in [2.45, 2.75) is 32.7 Å². The largest absolute Gasteiger partial charge is 0.480 e. The fourth-order valence-corrected chi connectivity index (χ4v) is 2.33. The molecule has 1 aromatic carbocycles. The smallest absolute Gasteiger partial charge is 0.321 e. The van der Waals surface area contributed by atoms with Gasteiger partial charge in [-0.2, -0.15) is 0 Å². The highest BCUT2D eigenvalue weighted by atomic mass is 16.4. The molecule has 98 valence electrons. The molecule has 0 saturated heterocycles. The molecule has 4 nitrogen and oxygen atoms in total. The van der Waals surface area contributed by atoms with Gasteiger partial charge in [-0.15, -0.1) is 0 Å². The van der Waals surface area contributed by atoms with Crippen molar-refractivity contribution in [2.24, 2.45) is 11.1 Å². The number of hydrogen-bond donors (Lipinski definition) is 2. The van der Waals surface area contributed by atoms with Crippen LogP contribution in [-0.2, 0) is 9.59 Å². The molecule has 1 aromatic rings. The molecule has 0 saturated carbocycles. The van der Waals surface area contributed by atoms with E-state index in [9.17, 15) is 9.59 Å². The number of Topliss-reactive ketones (excluding diaryl/α,β-unsaturated/α-hetero) is 1. The number of hydrogen-bond acceptors (Lipinski definition) is 3. The zero-order valence-corrected chi connectivity index (χ0v) is 10.9. The minimum absolute atomic E-state index is 0.0806. The van der Waals surface area contributed by atoms with Crippen molar-refractivity contribution in [3.8, 4) is 0 Å². The first kappa shape index (κ1) is 14.4. The molecule has 0 aromatic heterocycles. The van der Waals surface area contributed by atoms with Gasteiger partial charge in [-0.1, -0.05) is 44.2 Å². The standard InChI is InChI=1S/C14H19NO3/c1-9(16)11(10-7-5-4-6-8-10)14(2,3)12(15)13(17)18/h4-8,11-12H,15H2,1-3H3,(H,17,18). The summed E-state index contributed by atoms with van der Waals surface area (Å²) >= 11 is 0. The van der Waals surface area contributed by atoms with Crippen molar-refractivity contribution in [1.82, 2.24) is 0 Å². The predicted molar refractivity (Wildman–Crippen MR) is 69.3 cm³/mol. The number of carbonyl (C=O) groups is 2. The SMILES string of the molecule is CC(=O)C(c1ccccc1)C(C)(C)C(N)C(=O)O. The summed E-state index contributed by atoms with van der Waals surface area (Å²) in [5, 5.41) is 9.06. The van der Waals surface area contributed by atoms with Gasteiger partial charge in [0.1, 0.15) is 11.8 Å².